The molecule has 0 atom stereocenters. The number of nitrogens with one attached hydrogen (secondary N) is 1. The molecule has 3 aromatic rings. The number of anilines is 1. The Balaban J connectivity index is 1.25. The molecule has 0 bridgehead atoms. The lowest BCUT2D eigenvalue weighted by Crippen LogP contribution is -2.33. The van der Waals surface area contributed by atoms with Gasteiger partial charge in [0, 0.05) is 17.8 Å². The predicted molar refractivity (Wildman–Crippen MR) is 128 cm³/mol. The Morgan fingerprint density at radius 1 is 0.875 bits per heavy atom. The SMILES string of the molecule is N#CCc1ccc(NC(=O)c2ccc(CN3CCC(Cc4ccccc4)CC3)cc2)cc1. The van der Waals surface area contributed by atoms with Gasteiger partial charge in [-0.2, -0.15) is 5.26 Å². The highest BCUT2D eigenvalue weighted by Gasteiger charge is 2.19. The van der Waals surface area contributed by atoms with Crippen molar-refractivity contribution in [2.75, 3.05) is 18.4 Å². The van der Waals surface area contributed by atoms with Crippen LogP contribution in [0.5, 0.6) is 0 Å². The summed E-state index contributed by atoms with van der Waals surface area (Å²) in [6.45, 7) is 3.18. The number of carbonyl (C=O) groups is 1. The first kappa shape index (κ1) is 21.8. The number of carbonyl (C=O) groups excluding carboxylic acids is 1. The minimum atomic E-state index is -0.119. The van der Waals surface area contributed by atoms with E-state index < -0.39 is 0 Å². The van der Waals surface area contributed by atoms with Crippen LogP contribution in [0.3, 0.4) is 0 Å². The van der Waals surface area contributed by atoms with Crippen LogP contribution in [0, 0.1) is 17.2 Å². The first-order valence-electron chi connectivity index (χ1n) is 11.3. The number of nitriles is 1. The van der Waals surface area contributed by atoms with Crippen LogP contribution in [-0.4, -0.2) is 23.9 Å². The van der Waals surface area contributed by atoms with E-state index in [9.17, 15) is 4.79 Å². The topological polar surface area (TPSA) is 56.1 Å². The van der Waals surface area contributed by atoms with Gasteiger partial charge in [-0.1, -0.05) is 54.6 Å². The van der Waals surface area contributed by atoms with Gasteiger partial charge in [0.05, 0.1) is 12.5 Å². The standard InChI is InChI=1S/C28H29N3O/c29-17-14-22-8-12-27(13-9-22)30-28(32)26-10-6-25(7-11-26)21-31-18-15-24(16-19-31)20-23-4-2-1-3-5-23/h1-13,24H,14-16,18-21H2,(H,30,32). The predicted octanol–water partition coefficient (Wildman–Crippen LogP) is 5.46. The van der Waals surface area contributed by atoms with Gasteiger partial charge in [-0.15, -0.1) is 0 Å². The molecule has 4 heteroatoms. The second kappa shape index (κ2) is 10.7. The third-order valence-corrected chi connectivity index (χ3v) is 6.19. The minimum Gasteiger partial charge on any atom is -0.322 e. The molecule has 3 aromatic carbocycles. The Hall–Kier alpha value is -3.42. The van der Waals surface area contributed by atoms with Crippen LogP contribution in [-0.2, 0) is 19.4 Å². The maximum atomic E-state index is 12.5. The number of nitrogens with zero attached hydrogens (tertiary/aromatic N) is 2. The minimum absolute atomic E-state index is 0.119. The van der Waals surface area contributed by atoms with E-state index in [1.54, 1.807) is 0 Å². The summed E-state index contributed by atoms with van der Waals surface area (Å²) < 4.78 is 0. The van der Waals surface area contributed by atoms with Gasteiger partial charge < -0.3 is 5.32 Å². The number of benzene rings is 3. The van der Waals surface area contributed by atoms with Crippen molar-refractivity contribution in [2.24, 2.45) is 5.92 Å². The molecule has 1 aliphatic heterocycles. The molecule has 1 amide bonds. The summed E-state index contributed by atoms with van der Waals surface area (Å²) in [5.74, 6) is 0.653. The van der Waals surface area contributed by atoms with Crippen molar-refractivity contribution in [2.45, 2.75) is 32.2 Å². The zero-order valence-corrected chi connectivity index (χ0v) is 18.3. The largest absolute Gasteiger partial charge is 0.322 e. The van der Waals surface area contributed by atoms with Crippen LogP contribution in [0.25, 0.3) is 0 Å². The van der Waals surface area contributed by atoms with E-state index in [0.717, 1.165) is 36.8 Å². The number of amides is 1. The van der Waals surface area contributed by atoms with Gasteiger partial charge in [-0.3, -0.25) is 9.69 Å². The van der Waals surface area contributed by atoms with Crippen molar-refractivity contribution in [3.63, 3.8) is 0 Å². The highest BCUT2D eigenvalue weighted by Crippen LogP contribution is 2.23. The summed E-state index contributed by atoms with van der Waals surface area (Å²) in [5, 5.41) is 11.7. The van der Waals surface area contributed by atoms with E-state index in [2.05, 4.69) is 58.8 Å². The zero-order valence-electron chi connectivity index (χ0n) is 18.3. The fraction of sp³-hybridized carbons (Fsp3) is 0.286. The maximum Gasteiger partial charge on any atom is 0.255 e. The summed E-state index contributed by atoms with van der Waals surface area (Å²) in [5.41, 5.74) is 5.01. The van der Waals surface area contributed by atoms with Crippen molar-refractivity contribution in [3.8, 4) is 6.07 Å². The third-order valence-electron chi connectivity index (χ3n) is 6.19. The molecule has 0 spiro atoms. The quantitative estimate of drug-likeness (QED) is 0.549. The van der Waals surface area contributed by atoms with E-state index in [1.165, 1.54) is 30.4 Å². The number of likely N-dealkylation sites (tertiary alicyclic amines) is 1. The molecule has 0 aliphatic carbocycles. The van der Waals surface area contributed by atoms with E-state index >= 15 is 0 Å². The summed E-state index contributed by atoms with van der Waals surface area (Å²) in [6, 6.07) is 28.2. The summed E-state index contributed by atoms with van der Waals surface area (Å²) in [7, 11) is 0. The maximum absolute atomic E-state index is 12.5. The molecule has 32 heavy (non-hydrogen) atoms. The van der Waals surface area contributed by atoms with Gasteiger partial charge in [0.2, 0.25) is 0 Å². The van der Waals surface area contributed by atoms with Crippen LogP contribution in [0.2, 0.25) is 0 Å². The van der Waals surface area contributed by atoms with E-state index in [4.69, 9.17) is 5.26 Å². The van der Waals surface area contributed by atoms with Crippen molar-refractivity contribution in [1.29, 1.82) is 5.26 Å². The normalized spacial score (nSPS) is 14.6. The van der Waals surface area contributed by atoms with Gasteiger partial charge in [-0.25, -0.2) is 0 Å². The molecule has 0 radical (unpaired) electrons. The lowest BCUT2D eigenvalue weighted by Gasteiger charge is -2.32. The van der Waals surface area contributed by atoms with Crippen molar-refractivity contribution < 1.29 is 4.79 Å². The summed E-state index contributed by atoms with van der Waals surface area (Å²) >= 11 is 0. The molecule has 162 valence electrons. The van der Waals surface area contributed by atoms with Gasteiger partial charge in [0.1, 0.15) is 0 Å². The Kier molecular flexibility index (Phi) is 7.32. The lowest BCUT2D eigenvalue weighted by molar-refractivity contribution is 0.102. The van der Waals surface area contributed by atoms with Gasteiger partial charge >= 0.3 is 0 Å². The Labute approximate surface area is 190 Å². The van der Waals surface area contributed by atoms with E-state index in [0.29, 0.717) is 12.0 Å². The van der Waals surface area contributed by atoms with Gasteiger partial charge in [0.25, 0.3) is 5.91 Å². The third kappa shape index (κ3) is 6.06. The molecule has 1 aliphatic rings. The number of piperidine rings is 1. The molecule has 1 saturated heterocycles. The molecule has 1 heterocycles. The molecular weight excluding hydrogens is 394 g/mol. The van der Waals surface area contributed by atoms with Gasteiger partial charge in [-0.05, 0) is 79.2 Å². The summed E-state index contributed by atoms with van der Waals surface area (Å²) in [4.78, 5) is 15.1. The smallest absolute Gasteiger partial charge is 0.255 e. The number of hydrogen-bond donors (Lipinski definition) is 1. The van der Waals surface area contributed by atoms with Crippen LogP contribution >= 0.6 is 0 Å². The molecule has 4 nitrogen and oxygen atoms in total. The molecule has 0 saturated carbocycles. The monoisotopic (exact) mass is 423 g/mol. The van der Waals surface area contributed by atoms with Crippen LogP contribution in [0.15, 0.2) is 78.9 Å². The average Bonchev–Trinajstić information content (AvgIpc) is 2.83. The van der Waals surface area contributed by atoms with E-state index in [-0.39, 0.29) is 5.91 Å². The van der Waals surface area contributed by atoms with E-state index in [1.807, 2.05) is 36.4 Å². The molecule has 1 fully saturated rings. The Morgan fingerprint density at radius 3 is 2.19 bits per heavy atom. The van der Waals surface area contributed by atoms with Crippen LogP contribution in [0.4, 0.5) is 5.69 Å². The van der Waals surface area contributed by atoms with Crippen molar-refractivity contribution in [1.82, 2.24) is 4.90 Å². The van der Waals surface area contributed by atoms with Crippen molar-refractivity contribution >= 4 is 11.6 Å². The van der Waals surface area contributed by atoms with Crippen molar-refractivity contribution in [3.05, 3.63) is 101 Å². The first-order chi connectivity index (χ1) is 15.7. The molecular formula is C28H29N3O. The Bertz CT molecular complexity index is 1040. The average molecular weight is 424 g/mol. The lowest BCUT2D eigenvalue weighted by atomic mass is 9.90. The fourth-order valence-electron chi connectivity index (χ4n) is 4.32. The number of rotatable bonds is 7. The second-order valence-electron chi connectivity index (χ2n) is 8.59. The molecule has 1 N–H and O–H groups in total. The molecule has 0 unspecified atom stereocenters. The highest BCUT2D eigenvalue weighted by atomic mass is 16.1. The van der Waals surface area contributed by atoms with Gasteiger partial charge in [0.15, 0.2) is 0 Å². The number of hydrogen-bond acceptors (Lipinski definition) is 3. The van der Waals surface area contributed by atoms with Crippen LogP contribution < -0.4 is 5.32 Å². The molecule has 4 rings (SSSR count). The second-order valence-corrected chi connectivity index (χ2v) is 8.59. The Morgan fingerprint density at radius 2 is 1.53 bits per heavy atom. The summed E-state index contributed by atoms with van der Waals surface area (Å²) in [6.07, 6.45) is 4.03. The molecule has 0 aromatic heterocycles. The highest BCUT2D eigenvalue weighted by molar-refractivity contribution is 6.04. The first-order valence-corrected chi connectivity index (χ1v) is 11.3. The van der Waals surface area contributed by atoms with Crippen LogP contribution in [0.1, 0.15) is 39.9 Å². The zero-order chi connectivity index (χ0) is 22.2. The fourth-order valence-corrected chi connectivity index (χ4v) is 4.32.